The molecule has 1 heterocycles. The molecule has 0 saturated heterocycles. The van der Waals surface area contributed by atoms with Crippen LogP contribution < -0.4 is 15.2 Å². The van der Waals surface area contributed by atoms with Gasteiger partial charge in [0.15, 0.2) is 28.7 Å². The van der Waals surface area contributed by atoms with Crippen LogP contribution in [-0.4, -0.2) is 184 Å². The van der Waals surface area contributed by atoms with Crippen molar-refractivity contribution < 1.29 is 154 Å². The number of nitrogen functional groups attached to an aromatic ring is 1. The highest BCUT2D eigenvalue weighted by Gasteiger charge is 2.58. The smallest absolute Gasteiger partial charge is 0.425 e. The number of fused-ring (bicyclic) bond motifs is 1. The minimum absolute atomic E-state index is 0.340. The van der Waals surface area contributed by atoms with Crippen LogP contribution in [0.2, 0.25) is 0 Å². The molecule has 2 aromatic carbocycles. The lowest BCUT2D eigenvalue weighted by Gasteiger charge is -2.42. The third kappa shape index (κ3) is 9.60. The number of phenolic OH excluding ortho intramolecular Hbond substituents is 4. The number of aliphatic carboxylic acids is 4. The lowest BCUT2D eigenvalue weighted by Crippen LogP contribution is -2.58. The Kier molecular flexibility index (Phi) is 16.0. The summed E-state index contributed by atoms with van der Waals surface area (Å²) in [5, 5.41) is 180. The fourth-order valence-electron chi connectivity index (χ4n) is 7.04. The quantitative estimate of drug-likeness (QED) is 0.00639. The van der Waals surface area contributed by atoms with Crippen molar-refractivity contribution in [3.63, 3.8) is 0 Å². The minimum atomic E-state index is -3.27. The summed E-state index contributed by atoms with van der Waals surface area (Å²) in [5.74, 6) is -40.9. The first-order valence-corrected chi connectivity index (χ1v) is 19.0. The second kappa shape index (κ2) is 20.6. The number of phenols is 4. The number of aliphatic hydroxyl groups excluding tert-OH is 9. The van der Waals surface area contributed by atoms with Gasteiger partial charge in [-0.05, 0) is 6.92 Å². The van der Waals surface area contributed by atoms with Gasteiger partial charge in [0.2, 0.25) is 18.7 Å². The van der Waals surface area contributed by atoms with Gasteiger partial charge < -0.3 is 116 Å². The molecule has 2 aromatic rings. The van der Waals surface area contributed by atoms with E-state index in [9.17, 15) is 125 Å². The molecule has 380 valence electrons. The Hall–Kier alpha value is -8.18. The van der Waals surface area contributed by atoms with E-state index in [1.807, 2.05) is 0 Å². The zero-order chi connectivity index (χ0) is 53.4. The molecule has 1 aliphatic heterocycles. The number of carbonyl (C=O) groups excluding carboxylic acids is 5. The number of carboxylic acid groups (broad SMARTS) is 4. The van der Waals surface area contributed by atoms with Gasteiger partial charge >= 0.3 is 47.8 Å². The van der Waals surface area contributed by atoms with Gasteiger partial charge in [-0.1, -0.05) is 0 Å². The fourth-order valence-corrected chi connectivity index (χ4v) is 7.27. The van der Waals surface area contributed by atoms with Gasteiger partial charge in [-0.15, -0.1) is 12.6 Å². The number of hydrogen-bond donors (Lipinski definition) is 19. The number of aromatic hydroxyl groups is 4. The van der Waals surface area contributed by atoms with Crippen molar-refractivity contribution in [2.45, 2.75) is 61.0 Å². The number of rotatable bonds is 16. The van der Waals surface area contributed by atoms with Crippen molar-refractivity contribution in [3.8, 4) is 34.5 Å². The molecule has 0 fully saturated rings. The number of carboxylic acids is 4. The fraction of sp³-hybridized carbons (Fsp3) is 0.324. The van der Waals surface area contributed by atoms with Gasteiger partial charge in [0.25, 0.3) is 6.47 Å². The van der Waals surface area contributed by atoms with Crippen LogP contribution in [0.4, 0.5) is 5.69 Å². The third-order valence-corrected chi connectivity index (χ3v) is 11.0. The second-order valence-corrected chi connectivity index (χ2v) is 14.9. The molecule has 0 saturated carbocycles. The van der Waals surface area contributed by atoms with E-state index in [1.54, 1.807) is 0 Å². The SMILES string of the molecule is Cc1c(O)c(O)c(C(O)C(OC(=O)C2=C(O)C(C(=O)O)C(O)C(C(C(=O)Oc3c(N)c(O)c(C(=O)OC(=O)C(=O)O)c4c3OC(O)C(C(=O)O)=C4O)C(O)C(O)C(O)OC=O)C2O)C(=O)O)c(O)c1S. The largest absolute Gasteiger partial charge is 0.511 e. The van der Waals surface area contributed by atoms with Crippen LogP contribution in [-0.2, 0) is 52.6 Å². The lowest BCUT2D eigenvalue weighted by atomic mass is 9.68. The average molecular weight is 1020 g/mol. The summed E-state index contributed by atoms with van der Waals surface area (Å²) in [5.41, 5.74) is -4.08. The summed E-state index contributed by atoms with van der Waals surface area (Å²) in [6.07, 6.45) is -24.7. The highest BCUT2D eigenvalue weighted by molar-refractivity contribution is 7.80. The van der Waals surface area contributed by atoms with Crippen molar-refractivity contribution in [2.75, 3.05) is 5.73 Å². The number of aliphatic hydroxyl groups is 9. The summed E-state index contributed by atoms with van der Waals surface area (Å²) in [6.45, 7) is 0.505. The highest BCUT2D eigenvalue weighted by atomic mass is 32.1. The van der Waals surface area contributed by atoms with E-state index in [2.05, 4.69) is 22.1 Å². The van der Waals surface area contributed by atoms with E-state index >= 15 is 0 Å². The van der Waals surface area contributed by atoms with Crippen LogP contribution >= 0.6 is 12.6 Å². The number of ether oxygens (including phenoxy) is 5. The number of esters is 4. The van der Waals surface area contributed by atoms with Crippen LogP contribution in [0.25, 0.3) is 5.76 Å². The molecule has 11 atom stereocenters. The maximum atomic E-state index is 14.4. The van der Waals surface area contributed by atoms with E-state index < -0.39 is 206 Å². The number of benzene rings is 2. The monoisotopic (exact) mass is 1020 g/mol. The number of thiol groups is 1. The molecule has 33 heteroatoms. The Morgan fingerprint density at radius 3 is 1.90 bits per heavy atom. The van der Waals surface area contributed by atoms with Crippen molar-refractivity contribution in [1.82, 2.24) is 0 Å². The average Bonchev–Trinajstić information content (AvgIpc) is 3.26. The summed E-state index contributed by atoms with van der Waals surface area (Å²) in [7, 11) is 0. The number of nitrogens with two attached hydrogens (primary N) is 1. The minimum Gasteiger partial charge on any atom is -0.511 e. The van der Waals surface area contributed by atoms with Crippen molar-refractivity contribution in [3.05, 3.63) is 39.2 Å². The first-order valence-electron chi connectivity index (χ1n) is 18.5. The normalized spacial score (nSPS) is 21.3. The summed E-state index contributed by atoms with van der Waals surface area (Å²) < 4.78 is 22.9. The van der Waals surface area contributed by atoms with Gasteiger partial charge in [-0.25, -0.2) is 28.8 Å². The van der Waals surface area contributed by atoms with Crippen LogP contribution in [0, 0.1) is 24.7 Å². The molecule has 0 aromatic heterocycles. The number of carbonyl (C=O) groups is 9. The van der Waals surface area contributed by atoms with E-state index in [0.29, 0.717) is 0 Å². The maximum Gasteiger partial charge on any atom is 0.425 e. The number of hydrogen-bond acceptors (Lipinski definition) is 29. The van der Waals surface area contributed by atoms with Crippen molar-refractivity contribution >= 4 is 78.3 Å². The van der Waals surface area contributed by atoms with Gasteiger partial charge in [0.1, 0.15) is 57.8 Å². The van der Waals surface area contributed by atoms with Crippen LogP contribution in [0.1, 0.15) is 33.2 Å². The topological polar surface area (TPSA) is 570 Å². The van der Waals surface area contributed by atoms with E-state index in [0.717, 1.165) is 6.92 Å². The molecule has 0 radical (unpaired) electrons. The third-order valence-electron chi connectivity index (χ3n) is 10.5. The molecule has 0 spiro atoms. The van der Waals surface area contributed by atoms with Crippen LogP contribution in [0.5, 0.6) is 34.5 Å². The van der Waals surface area contributed by atoms with Gasteiger partial charge in [-0.3, -0.25) is 14.4 Å². The Bertz CT molecular complexity index is 2630. The molecule has 11 unspecified atom stereocenters. The molecule has 32 nitrogen and oxygen atoms in total. The second-order valence-electron chi connectivity index (χ2n) is 14.4. The van der Waals surface area contributed by atoms with E-state index in [4.69, 9.17) is 25.1 Å². The molecular weight excluding hydrogens is 986 g/mol. The van der Waals surface area contributed by atoms with Crippen LogP contribution in [0.15, 0.2) is 21.8 Å². The predicted molar refractivity (Wildman–Crippen MR) is 211 cm³/mol. The van der Waals surface area contributed by atoms with Gasteiger partial charge in [-0.2, -0.15) is 0 Å². The Labute approximate surface area is 389 Å². The van der Waals surface area contributed by atoms with Crippen LogP contribution in [0.3, 0.4) is 0 Å². The highest BCUT2D eigenvalue weighted by Crippen LogP contribution is 2.53. The molecule has 0 bridgehead atoms. The molecule has 0 amide bonds. The zero-order valence-electron chi connectivity index (χ0n) is 34.3. The first kappa shape index (κ1) is 54.4. The Morgan fingerprint density at radius 2 is 1.39 bits per heavy atom. The molecule has 70 heavy (non-hydrogen) atoms. The van der Waals surface area contributed by atoms with E-state index in [1.165, 1.54) is 0 Å². The Balaban J connectivity index is 1.98. The lowest BCUT2D eigenvalue weighted by molar-refractivity contribution is -0.204. The first-order chi connectivity index (χ1) is 32.4. The summed E-state index contributed by atoms with van der Waals surface area (Å²) in [6, 6.07) is 0. The number of anilines is 1. The molecule has 4 rings (SSSR count). The Morgan fingerprint density at radius 1 is 0.800 bits per heavy atom. The predicted octanol–water partition coefficient (Wildman–Crippen LogP) is -5.15. The van der Waals surface area contributed by atoms with Crippen molar-refractivity contribution in [1.29, 1.82) is 0 Å². The molecular formula is C37H35NO31S. The van der Waals surface area contributed by atoms with Gasteiger partial charge in [0.05, 0.1) is 40.3 Å². The summed E-state index contributed by atoms with van der Waals surface area (Å²) in [4.78, 5) is 111. The standard InChI is InChI=1S/C37H35NO31S/c1-3-13(40)20(47)8(22(49)27(3)70)21(48)26(30(55)56)68-34(61)10-15(42)4(14(41)9(17(10)44)28(51)52)6(19(46)23(50)36(63)65-2-39)32(59)67-25-12(38)18(45)7(33(60)69-37(64)31(57)58)5-16(43)11(29(53)54)35(62)66-24(5)25/h2,4,6,9,14-15,19,21,23,26,35-36,40-50,62-63,70H,38H2,1H3,(H,51,52)(H,53,54)(H,55,56)(H,57,58). The van der Waals surface area contributed by atoms with Gasteiger partial charge in [0, 0.05) is 11.5 Å². The molecule has 19 N–H and O–H groups in total. The summed E-state index contributed by atoms with van der Waals surface area (Å²) >= 11 is 3.86. The molecule has 1 aliphatic carbocycles. The van der Waals surface area contributed by atoms with E-state index in [-0.39, 0.29) is 5.56 Å². The van der Waals surface area contributed by atoms with Crippen molar-refractivity contribution in [2.24, 2.45) is 17.8 Å². The molecule has 2 aliphatic rings. The zero-order valence-corrected chi connectivity index (χ0v) is 35.2. The maximum absolute atomic E-state index is 14.4.